The van der Waals surface area contributed by atoms with E-state index in [0.717, 1.165) is 18.9 Å². The summed E-state index contributed by atoms with van der Waals surface area (Å²) in [7, 11) is 0. The van der Waals surface area contributed by atoms with Crippen molar-refractivity contribution in [2.24, 2.45) is 11.8 Å². The smallest absolute Gasteiger partial charge is 0.396 e. The first-order chi connectivity index (χ1) is 9.90. The van der Waals surface area contributed by atoms with Crippen LogP contribution in [0.5, 0.6) is 0 Å². The Morgan fingerprint density at radius 3 is 2.57 bits per heavy atom. The van der Waals surface area contributed by atoms with Crippen molar-refractivity contribution >= 4 is 11.8 Å². The van der Waals surface area contributed by atoms with Crippen LogP contribution in [0.1, 0.15) is 31.9 Å². The van der Waals surface area contributed by atoms with Crippen molar-refractivity contribution < 1.29 is 18.3 Å². The Balaban J connectivity index is 2.82. The highest BCUT2D eigenvalue weighted by Crippen LogP contribution is 2.29. The van der Waals surface area contributed by atoms with Crippen LogP contribution in [-0.4, -0.2) is 28.2 Å². The number of hydrogen-bond donors (Lipinski definition) is 4. The van der Waals surface area contributed by atoms with Crippen LogP contribution >= 0.6 is 0 Å². The van der Waals surface area contributed by atoms with E-state index in [0.29, 0.717) is 13.0 Å². The molecule has 0 saturated heterocycles. The summed E-state index contributed by atoms with van der Waals surface area (Å²) < 4.78 is 38.1. The van der Waals surface area contributed by atoms with Gasteiger partial charge in [-0.2, -0.15) is 18.2 Å². The van der Waals surface area contributed by atoms with E-state index in [1.165, 1.54) is 0 Å². The Hall–Kier alpha value is -1.61. The molecule has 1 unspecified atom stereocenters. The first-order valence-corrected chi connectivity index (χ1v) is 6.68. The van der Waals surface area contributed by atoms with Gasteiger partial charge in [0.25, 0.3) is 0 Å². The van der Waals surface area contributed by atoms with Crippen molar-refractivity contribution in [2.75, 3.05) is 23.9 Å². The van der Waals surface area contributed by atoms with E-state index in [9.17, 15) is 13.2 Å². The number of nitrogens with zero attached hydrogens (tertiary/aromatic N) is 2. The molecule has 1 heterocycles. The van der Waals surface area contributed by atoms with Crippen molar-refractivity contribution in [3.63, 3.8) is 0 Å². The number of hydrogen-bond acceptors (Lipinski definition) is 6. The minimum absolute atomic E-state index is 0.0412. The van der Waals surface area contributed by atoms with Gasteiger partial charge in [0, 0.05) is 19.2 Å². The quantitative estimate of drug-likeness (QED) is 0.433. The van der Waals surface area contributed by atoms with E-state index in [2.05, 4.69) is 15.3 Å². The highest BCUT2D eigenvalue weighted by atomic mass is 19.4. The Labute approximate surface area is 120 Å². The lowest BCUT2D eigenvalue weighted by atomic mass is 10.0. The average molecular weight is 307 g/mol. The van der Waals surface area contributed by atoms with Crippen LogP contribution in [0.15, 0.2) is 6.07 Å². The zero-order valence-electron chi connectivity index (χ0n) is 11.7. The second kappa shape index (κ2) is 7.99. The van der Waals surface area contributed by atoms with Crippen molar-refractivity contribution in [3.8, 4) is 0 Å². The van der Waals surface area contributed by atoms with Gasteiger partial charge >= 0.3 is 6.18 Å². The zero-order chi connectivity index (χ0) is 15.9. The molecule has 6 nitrogen and oxygen atoms in total. The minimum Gasteiger partial charge on any atom is -0.396 e. The van der Waals surface area contributed by atoms with Gasteiger partial charge in [-0.3, -0.25) is 5.43 Å². The first-order valence-electron chi connectivity index (χ1n) is 6.68. The largest absolute Gasteiger partial charge is 0.433 e. The van der Waals surface area contributed by atoms with Crippen molar-refractivity contribution in [3.05, 3.63) is 11.8 Å². The number of aliphatic hydroxyl groups is 1. The van der Waals surface area contributed by atoms with Crippen molar-refractivity contribution in [1.82, 2.24) is 9.97 Å². The van der Waals surface area contributed by atoms with Gasteiger partial charge in [0.1, 0.15) is 5.82 Å². The molecule has 0 fully saturated rings. The number of aliphatic hydroxyl groups excluding tert-OH is 1. The van der Waals surface area contributed by atoms with Crippen LogP contribution in [0.3, 0.4) is 0 Å². The Kier molecular flexibility index (Phi) is 6.63. The Bertz CT molecular complexity index is 435. The monoisotopic (exact) mass is 307 g/mol. The second-order valence-electron chi connectivity index (χ2n) is 4.65. The fraction of sp³-hybridized carbons (Fsp3) is 0.667. The Morgan fingerprint density at radius 1 is 1.33 bits per heavy atom. The number of hydrazine groups is 1. The zero-order valence-corrected chi connectivity index (χ0v) is 11.7. The molecule has 0 aliphatic carbocycles. The minimum atomic E-state index is -4.57. The van der Waals surface area contributed by atoms with Gasteiger partial charge in [-0.05, 0) is 18.8 Å². The highest BCUT2D eigenvalue weighted by Gasteiger charge is 2.33. The van der Waals surface area contributed by atoms with Gasteiger partial charge in [-0.25, -0.2) is 10.8 Å². The SMILES string of the molecule is CCCC(CCO)CNc1cc(C(F)(F)F)nc(NN)n1. The van der Waals surface area contributed by atoms with Gasteiger partial charge in [-0.1, -0.05) is 13.3 Å². The van der Waals surface area contributed by atoms with Gasteiger partial charge in [0.05, 0.1) is 0 Å². The summed E-state index contributed by atoms with van der Waals surface area (Å²) in [5.41, 5.74) is 0.948. The molecule has 0 radical (unpaired) electrons. The molecule has 0 aliphatic rings. The molecule has 1 aromatic rings. The summed E-state index contributed by atoms with van der Waals surface area (Å²) >= 11 is 0. The fourth-order valence-electron chi connectivity index (χ4n) is 1.94. The number of aromatic nitrogens is 2. The molecule has 1 aromatic heterocycles. The molecule has 120 valence electrons. The van der Waals surface area contributed by atoms with E-state index < -0.39 is 11.9 Å². The van der Waals surface area contributed by atoms with Crippen molar-refractivity contribution in [1.29, 1.82) is 0 Å². The van der Waals surface area contributed by atoms with Gasteiger partial charge in [0.2, 0.25) is 5.95 Å². The molecule has 0 amide bonds. The summed E-state index contributed by atoms with van der Waals surface area (Å²) in [6.45, 7) is 2.47. The Morgan fingerprint density at radius 2 is 2.05 bits per heavy atom. The molecular weight excluding hydrogens is 287 g/mol. The molecule has 0 spiro atoms. The molecule has 0 aromatic carbocycles. The molecule has 1 atom stereocenters. The molecule has 0 bridgehead atoms. The molecule has 9 heteroatoms. The van der Waals surface area contributed by atoms with Crippen LogP contribution in [0.25, 0.3) is 0 Å². The van der Waals surface area contributed by atoms with Gasteiger partial charge < -0.3 is 10.4 Å². The third kappa shape index (κ3) is 5.72. The van der Waals surface area contributed by atoms with Gasteiger partial charge in [-0.15, -0.1) is 0 Å². The number of alkyl halides is 3. The number of halogens is 3. The predicted octanol–water partition coefficient (Wildman–Crippen LogP) is 1.99. The van der Waals surface area contributed by atoms with E-state index in [4.69, 9.17) is 10.9 Å². The number of nitrogen functional groups attached to an aromatic ring is 1. The summed E-state index contributed by atoms with van der Waals surface area (Å²) in [5.74, 6) is 4.99. The van der Waals surface area contributed by atoms with E-state index in [1.54, 1.807) is 0 Å². The van der Waals surface area contributed by atoms with Gasteiger partial charge in [0.15, 0.2) is 5.69 Å². The maximum Gasteiger partial charge on any atom is 0.433 e. The van der Waals surface area contributed by atoms with E-state index in [1.807, 2.05) is 12.3 Å². The van der Waals surface area contributed by atoms with Crippen LogP contribution in [-0.2, 0) is 6.18 Å². The highest BCUT2D eigenvalue weighted by molar-refractivity contribution is 5.42. The molecule has 5 N–H and O–H groups in total. The summed E-state index contributed by atoms with van der Waals surface area (Å²) in [4.78, 5) is 7.11. The lowest BCUT2D eigenvalue weighted by Gasteiger charge is -2.17. The average Bonchev–Trinajstić information content (AvgIpc) is 2.44. The standard InChI is InChI=1S/C12H20F3N5O/c1-2-3-8(4-5-21)7-17-10-6-9(12(13,14)15)18-11(19-10)20-16/h6,8,21H,2-5,7,16H2,1H3,(H2,17,18,19,20). The number of anilines is 2. The van der Waals surface area contributed by atoms with Crippen molar-refractivity contribution in [2.45, 2.75) is 32.4 Å². The molecule has 0 aliphatic heterocycles. The predicted molar refractivity (Wildman–Crippen MR) is 73.4 cm³/mol. The van der Waals surface area contributed by atoms with Crippen LogP contribution in [0, 0.1) is 5.92 Å². The topological polar surface area (TPSA) is 96.1 Å². The van der Waals surface area contributed by atoms with E-state index in [-0.39, 0.29) is 24.3 Å². The number of nitrogens with two attached hydrogens (primary N) is 1. The summed E-state index contributed by atoms with van der Waals surface area (Å²) in [5, 5.41) is 11.8. The molecule has 0 saturated carbocycles. The second-order valence-corrected chi connectivity index (χ2v) is 4.65. The third-order valence-corrected chi connectivity index (χ3v) is 2.95. The summed E-state index contributed by atoms with van der Waals surface area (Å²) in [6, 6.07) is 0.836. The first kappa shape index (κ1) is 17.4. The molecule has 1 rings (SSSR count). The molecular formula is C12H20F3N5O. The summed E-state index contributed by atoms with van der Waals surface area (Å²) in [6.07, 6.45) is -2.19. The fourth-order valence-corrected chi connectivity index (χ4v) is 1.94. The third-order valence-electron chi connectivity index (χ3n) is 2.95. The van der Waals surface area contributed by atoms with Crippen LogP contribution < -0.4 is 16.6 Å². The normalized spacial score (nSPS) is 13.0. The van der Waals surface area contributed by atoms with E-state index >= 15 is 0 Å². The van der Waals surface area contributed by atoms with Crippen LogP contribution in [0.2, 0.25) is 0 Å². The molecule has 21 heavy (non-hydrogen) atoms. The maximum atomic E-state index is 12.7. The number of rotatable bonds is 8. The number of nitrogens with one attached hydrogen (secondary N) is 2. The lowest BCUT2D eigenvalue weighted by molar-refractivity contribution is -0.141. The van der Waals surface area contributed by atoms with Crippen LogP contribution in [0.4, 0.5) is 24.9 Å². The lowest BCUT2D eigenvalue weighted by Crippen LogP contribution is -2.19. The maximum absolute atomic E-state index is 12.7.